The van der Waals surface area contributed by atoms with Crippen LogP contribution in [0.1, 0.15) is 59.9 Å². The fourth-order valence-corrected chi connectivity index (χ4v) is 3.68. The lowest BCUT2D eigenvalue weighted by atomic mass is 9.81. The van der Waals surface area contributed by atoms with Crippen molar-refractivity contribution in [3.05, 3.63) is 29.8 Å². The molecule has 0 heterocycles. The van der Waals surface area contributed by atoms with Crippen molar-refractivity contribution in [1.29, 1.82) is 0 Å². The minimum Gasteiger partial charge on any atom is -0.465 e. The number of ether oxygens (including phenoxy) is 2. The van der Waals surface area contributed by atoms with Crippen molar-refractivity contribution in [2.75, 3.05) is 6.61 Å². The van der Waals surface area contributed by atoms with Gasteiger partial charge in [-0.25, -0.2) is 0 Å². The lowest BCUT2D eigenvalue weighted by molar-refractivity contribution is -0.0613. The maximum absolute atomic E-state index is 5.75. The molecule has 2 heteroatoms. The standard InChI is InChI=1S/C19H30O2/c1-7-20-15(4)21-17-10-8-16(9-11-17)19(12-14(2)3)13-18(19,5)6/h8-11,14-15H,7,12-13H2,1-6H3. The summed E-state index contributed by atoms with van der Waals surface area (Å²) in [5.74, 6) is 1.61. The van der Waals surface area contributed by atoms with Gasteiger partial charge < -0.3 is 9.47 Å². The normalized spacial score (nSPS) is 24.9. The highest BCUT2D eigenvalue weighted by Crippen LogP contribution is 2.67. The molecule has 1 fully saturated rings. The molecule has 0 saturated heterocycles. The molecular formula is C19H30O2. The molecule has 1 aliphatic carbocycles. The molecule has 0 bridgehead atoms. The molecule has 1 saturated carbocycles. The van der Waals surface area contributed by atoms with Crippen LogP contribution in [0.2, 0.25) is 0 Å². The first-order valence-corrected chi connectivity index (χ1v) is 8.19. The van der Waals surface area contributed by atoms with Gasteiger partial charge in [0, 0.05) is 12.0 Å². The van der Waals surface area contributed by atoms with Crippen molar-refractivity contribution in [3.63, 3.8) is 0 Å². The van der Waals surface area contributed by atoms with Gasteiger partial charge >= 0.3 is 0 Å². The Kier molecular flexibility index (Phi) is 4.67. The first-order chi connectivity index (χ1) is 9.80. The van der Waals surface area contributed by atoms with Crippen molar-refractivity contribution in [3.8, 4) is 5.75 Å². The monoisotopic (exact) mass is 290 g/mol. The van der Waals surface area contributed by atoms with E-state index in [0.29, 0.717) is 17.4 Å². The Balaban J connectivity index is 2.11. The molecule has 1 aliphatic rings. The Hall–Kier alpha value is -1.02. The molecule has 0 radical (unpaired) electrons. The SMILES string of the molecule is CCOC(C)Oc1ccc(C2(CC(C)C)CC2(C)C)cc1. The first-order valence-electron chi connectivity index (χ1n) is 8.19. The first kappa shape index (κ1) is 16.4. The number of benzene rings is 1. The highest BCUT2D eigenvalue weighted by molar-refractivity contribution is 5.40. The Bertz CT molecular complexity index is 461. The molecule has 0 aliphatic heterocycles. The molecule has 0 amide bonds. The molecule has 1 aromatic rings. The smallest absolute Gasteiger partial charge is 0.196 e. The van der Waals surface area contributed by atoms with Gasteiger partial charge in [-0.2, -0.15) is 0 Å². The van der Waals surface area contributed by atoms with Gasteiger partial charge in [0.05, 0.1) is 0 Å². The van der Waals surface area contributed by atoms with E-state index in [4.69, 9.17) is 9.47 Å². The van der Waals surface area contributed by atoms with E-state index in [0.717, 1.165) is 11.7 Å². The van der Waals surface area contributed by atoms with E-state index in [1.165, 1.54) is 18.4 Å². The predicted molar refractivity (Wildman–Crippen MR) is 87.7 cm³/mol. The quantitative estimate of drug-likeness (QED) is 0.646. The van der Waals surface area contributed by atoms with Crippen LogP contribution in [0.15, 0.2) is 24.3 Å². The van der Waals surface area contributed by atoms with Crippen LogP contribution in [0.5, 0.6) is 5.75 Å². The zero-order valence-electron chi connectivity index (χ0n) is 14.4. The number of hydrogen-bond acceptors (Lipinski definition) is 2. The topological polar surface area (TPSA) is 18.5 Å². The maximum Gasteiger partial charge on any atom is 0.196 e. The molecule has 0 aromatic heterocycles. The largest absolute Gasteiger partial charge is 0.465 e. The van der Waals surface area contributed by atoms with Crippen molar-refractivity contribution in [2.24, 2.45) is 11.3 Å². The van der Waals surface area contributed by atoms with Crippen molar-refractivity contribution in [2.45, 2.75) is 66.1 Å². The fourth-order valence-electron chi connectivity index (χ4n) is 3.68. The third-order valence-corrected chi connectivity index (χ3v) is 4.78. The highest BCUT2D eigenvalue weighted by atomic mass is 16.7. The van der Waals surface area contributed by atoms with E-state index in [1.54, 1.807) is 0 Å². The van der Waals surface area contributed by atoms with E-state index in [1.807, 2.05) is 13.8 Å². The summed E-state index contributed by atoms with van der Waals surface area (Å²) >= 11 is 0. The zero-order chi connectivity index (χ0) is 15.7. The third-order valence-electron chi connectivity index (χ3n) is 4.78. The zero-order valence-corrected chi connectivity index (χ0v) is 14.4. The molecule has 2 atom stereocenters. The van der Waals surface area contributed by atoms with Gasteiger partial charge in [-0.1, -0.05) is 39.8 Å². The van der Waals surface area contributed by atoms with Gasteiger partial charge in [0.1, 0.15) is 5.75 Å². The van der Waals surface area contributed by atoms with Gasteiger partial charge in [-0.05, 0) is 55.7 Å². The van der Waals surface area contributed by atoms with Crippen molar-refractivity contribution >= 4 is 0 Å². The Morgan fingerprint density at radius 3 is 2.10 bits per heavy atom. The number of rotatable bonds is 7. The van der Waals surface area contributed by atoms with E-state index < -0.39 is 0 Å². The summed E-state index contributed by atoms with van der Waals surface area (Å²) in [7, 11) is 0. The minimum absolute atomic E-state index is 0.192. The Morgan fingerprint density at radius 2 is 1.67 bits per heavy atom. The van der Waals surface area contributed by atoms with E-state index in [9.17, 15) is 0 Å². The Morgan fingerprint density at radius 1 is 1.10 bits per heavy atom. The summed E-state index contributed by atoms with van der Waals surface area (Å²) in [5, 5.41) is 0. The summed E-state index contributed by atoms with van der Waals surface area (Å²) < 4.78 is 11.2. The van der Waals surface area contributed by atoms with Gasteiger partial charge in [-0.3, -0.25) is 0 Å². The van der Waals surface area contributed by atoms with Gasteiger partial charge in [-0.15, -0.1) is 0 Å². The van der Waals surface area contributed by atoms with Crippen LogP contribution in [0.4, 0.5) is 0 Å². The summed E-state index contributed by atoms with van der Waals surface area (Å²) in [6.45, 7) is 14.0. The third kappa shape index (κ3) is 3.42. The molecule has 0 N–H and O–H groups in total. The molecule has 21 heavy (non-hydrogen) atoms. The van der Waals surface area contributed by atoms with Crippen LogP contribution >= 0.6 is 0 Å². The molecule has 2 unspecified atom stereocenters. The second kappa shape index (κ2) is 6.00. The molecule has 0 spiro atoms. The Labute approximate surface area is 129 Å². The van der Waals surface area contributed by atoms with Crippen LogP contribution < -0.4 is 4.74 Å². The average Bonchev–Trinajstić information content (AvgIpc) is 2.92. The van der Waals surface area contributed by atoms with E-state index >= 15 is 0 Å². The van der Waals surface area contributed by atoms with Gasteiger partial charge in [0.25, 0.3) is 0 Å². The average molecular weight is 290 g/mol. The number of hydrogen-bond donors (Lipinski definition) is 0. The van der Waals surface area contributed by atoms with Crippen LogP contribution in [0.25, 0.3) is 0 Å². The van der Waals surface area contributed by atoms with E-state index in [2.05, 4.69) is 52.0 Å². The lowest BCUT2D eigenvalue weighted by Gasteiger charge is -2.24. The molecule has 2 nitrogen and oxygen atoms in total. The van der Waals surface area contributed by atoms with Crippen LogP contribution in [-0.4, -0.2) is 12.9 Å². The molecule has 118 valence electrons. The fraction of sp³-hybridized carbons (Fsp3) is 0.684. The van der Waals surface area contributed by atoms with Crippen LogP contribution in [0, 0.1) is 11.3 Å². The molecule has 2 rings (SSSR count). The maximum atomic E-state index is 5.75. The molecular weight excluding hydrogens is 260 g/mol. The van der Waals surface area contributed by atoms with Crippen LogP contribution in [0.3, 0.4) is 0 Å². The lowest BCUT2D eigenvalue weighted by Crippen LogP contribution is -2.18. The second-order valence-corrected chi connectivity index (χ2v) is 7.41. The van der Waals surface area contributed by atoms with Crippen molar-refractivity contribution in [1.82, 2.24) is 0 Å². The summed E-state index contributed by atoms with van der Waals surface area (Å²) in [4.78, 5) is 0. The summed E-state index contributed by atoms with van der Waals surface area (Å²) in [6.07, 6.45) is 2.35. The van der Waals surface area contributed by atoms with E-state index in [-0.39, 0.29) is 6.29 Å². The minimum atomic E-state index is -0.192. The summed E-state index contributed by atoms with van der Waals surface area (Å²) in [5.41, 5.74) is 2.22. The van der Waals surface area contributed by atoms with Gasteiger partial charge in [0.2, 0.25) is 0 Å². The van der Waals surface area contributed by atoms with Crippen molar-refractivity contribution < 1.29 is 9.47 Å². The summed E-state index contributed by atoms with van der Waals surface area (Å²) in [6, 6.07) is 8.65. The predicted octanol–water partition coefficient (Wildman–Crippen LogP) is 5.16. The highest BCUT2D eigenvalue weighted by Gasteiger charge is 2.61. The second-order valence-electron chi connectivity index (χ2n) is 7.41. The van der Waals surface area contributed by atoms with Gasteiger partial charge in [0.15, 0.2) is 6.29 Å². The molecule has 1 aromatic carbocycles. The van der Waals surface area contributed by atoms with Crippen LogP contribution in [-0.2, 0) is 10.2 Å².